The van der Waals surface area contributed by atoms with Crippen molar-refractivity contribution in [3.63, 3.8) is 0 Å². The summed E-state index contributed by atoms with van der Waals surface area (Å²) >= 11 is 0. The Morgan fingerprint density at radius 1 is 1.00 bits per heavy atom. The summed E-state index contributed by atoms with van der Waals surface area (Å²) in [5.41, 5.74) is 1.55. The Hall–Kier alpha value is -3.24. The number of methoxy groups -OCH3 is 2. The molecule has 0 saturated carbocycles. The molecular weight excluding hydrogens is 450 g/mol. The molecule has 2 aromatic rings. The van der Waals surface area contributed by atoms with Gasteiger partial charge in [0.2, 0.25) is 10.0 Å². The molecule has 0 aliphatic carbocycles. The Morgan fingerprint density at radius 2 is 1.64 bits per heavy atom. The van der Waals surface area contributed by atoms with Gasteiger partial charge < -0.3 is 14.2 Å². The molecule has 0 bridgehead atoms. The predicted molar refractivity (Wildman–Crippen MR) is 117 cm³/mol. The molecule has 0 aromatic heterocycles. The molecule has 0 amide bonds. The van der Waals surface area contributed by atoms with Gasteiger partial charge in [-0.15, -0.1) is 0 Å². The molecule has 0 fully saturated rings. The van der Waals surface area contributed by atoms with Crippen LogP contribution in [0.15, 0.2) is 41.3 Å². The summed E-state index contributed by atoms with van der Waals surface area (Å²) in [6.45, 7) is 3.21. The first-order chi connectivity index (χ1) is 15.6. The van der Waals surface area contributed by atoms with Gasteiger partial charge in [0, 0.05) is 13.0 Å². The normalized spacial score (nSPS) is 15.9. The number of aryl methyl sites for hydroxylation is 1. The predicted octanol–water partition coefficient (Wildman–Crippen LogP) is 2.25. The number of ether oxygens (including phenoxy) is 3. The van der Waals surface area contributed by atoms with Gasteiger partial charge in [-0.1, -0.05) is 23.8 Å². The van der Waals surface area contributed by atoms with Crippen molar-refractivity contribution in [2.75, 3.05) is 20.8 Å². The zero-order chi connectivity index (χ0) is 24.3. The molecule has 10 heteroatoms. The zero-order valence-electron chi connectivity index (χ0n) is 18.8. The highest BCUT2D eigenvalue weighted by Gasteiger charge is 2.42. The van der Waals surface area contributed by atoms with E-state index in [-0.39, 0.29) is 41.2 Å². The van der Waals surface area contributed by atoms with Crippen LogP contribution in [0.4, 0.5) is 0 Å². The molecule has 33 heavy (non-hydrogen) atoms. The van der Waals surface area contributed by atoms with Crippen LogP contribution in [-0.2, 0) is 42.0 Å². The molecule has 1 aliphatic rings. The number of sulfonamides is 1. The fourth-order valence-electron chi connectivity index (χ4n) is 3.79. The van der Waals surface area contributed by atoms with Crippen molar-refractivity contribution >= 4 is 27.9 Å². The largest absolute Gasteiger partial charge is 0.465 e. The summed E-state index contributed by atoms with van der Waals surface area (Å²) in [5.74, 6) is -2.27. The maximum atomic E-state index is 13.6. The monoisotopic (exact) mass is 475 g/mol. The lowest BCUT2D eigenvalue weighted by Gasteiger charge is -2.35. The van der Waals surface area contributed by atoms with Crippen molar-refractivity contribution in [2.45, 2.75) is 37.8 Å². The fraction of sp³-hybridized carbons (Fsp3) is 0.348. The van der Waals surface area contributed by atoms with Crippen LogP contribution >= 0.6 is 0 Å². The number of fused-ring (bicyclic) bond motifs is 1. The second-order valence-corrected chi connectivity index (χ2v) is 9.33. The van der Waals surface area contributed by atoms with Crippen molar-refractivity contribution in [3.05, 3.63) is 64.2 Å². The summed E-state index contributed by atoms with van der Waals surface area (Å²) in [6.07, 6.45) is -0.0370. The summed E-state index contributed by atoms with van der Waals surface area (Å²) in [5, 5.41) is 0. The van der Waals surface area contributed by atoms with Gasteiger partial charge in [-0.05, 0) is 43.2 Å². The molecule has 9 nitrogen and oxygen atoms in total. The molecule has 176 valence electrons. The quantitative estimate of drug-likeness (QED) is 0.461. The third-order valence-electron chi connectivity index (χ3n) is 5.47. The van der Waals surface area contributed by atoms with E-state index in [1.165, 1.54) is 25.3 Å². The first-order valence-electron chi connectivity index (χ1n) is 10.2. The van der Waals surface area contributed by atoms with E-state index in [2.05, 4.69) is 0 Å². The van der Waals surface area contributed by atoms with Gasteiger partial charge in [-0.3, -0.25) is 4.79 Å². The van der Waals surface area contributed by atoms with E-state index in [0.717, 1.165) is 17.0 Å². The number of nitrogens with zero attached hydrogens (tertiary/aromatic N) is 1. The Bertz CT molecular complexity index is 1190. The van der Waals surface area contributed by atoms with E-state index in [1.54, 1.807) is 25.1 Å². The Labute approximate surface area is 192 Å². The van der Waals surface area contributed by atoms with Crippen LogP contribution in [0.3, 0.4) is 0 Å². The molecule has 1 unspecified atom stereocenters. The second kappa shape index (κ2) is 9.72. The minimum Gasteiger partial charge on any atom is -0.465 e. The minimum atomic E-state index is -4.16. The molecular formula is C23H25NO8S. The van der Waals surface area contributed by atoms with Crippen LogP contribution in [0.1, 0.15) is 44.3 Å². The van der Waals surface area contributed by atoms with Gasteiger partial charge in [0.05, 0.1) is 36.8 Å². The smallest absolute Gasteiger partial charge is 0.339 e. The number of benzene rings is 2. The third kappa shape index (κ3) is 4.62. The van der Waals surface area contributed by atoms with E-state index >= 15 is 0 Å². The van der Waals surface area contributed by atoms with Crippen LogP contribution in [0.5, 0.6) is 0 Å². The van der Waals surface area contributed by atoms with Crippen molar-refractivity contribution in [2.24, 2.45) is 0 Å². The van der Waals surface area contributed by atoms with E-state index in [1.807, 2.05) is 6.92 Å². The Balaban J connectivity index is 2.21. The molecule has 2 aromatic carbocycles. The first kappa shape index (κ1) is 24.4. The van der Waals surface area contributed by atoms with E-state index < -0.39 is 34.0 Å². The van der Waals surface area contributed by atoms with E-state index in [0.29, 0.717) is 5.56 Å². The van der Waals surface area contributed by atoms with Gasteiger partial charge in [0.15, 0.2) is 0 Å². The lowest BCUT2D eigenvalue weighted by atomic mass is 9.89. The Kier molecular flexibility index (Phi) is 7.19. The summed E-state index contributed by atoms with van der Waals surface area (Å²) in [6, 6.07) is 8.06. The van der Waals surface area contributed by atoms with Crippen molar-refractivity contribution in [3.8, 4) is 0 Å². The standard InChI is InChI=1S/C23H25NO8S/c1-5-32-22(26)19-12-15-8-11-17(21(25)30-3)20(23(27)31-4)18(15)13-24(19)33(28,29)16-9-6-14(2)7-10-16/h6-11,19H,5,12-13H2,1-4H3. The van der Waals surface area contributed by atoms with Gasteiger partial charge in [-0.2, -0.15) is 4.31 Å². The van der Waals surface area contributed by atoms with Crippen molar-refractivity contribution < 1.29 is 37.0 Å². The van der Waals surface area contributed by atoms with Gasteiger partial charge >= 0.3 is 17.9 Å². The Morgan fingerprint density at radius 3 is 2.21 bits per heavy atom. The maximum Gasteiger partial charge on any atom is 0.339 e. The maximum absolute atomic E-state index is 13.6. The minimum absolute atomic E-state index is 0.00501. The third-order valence-corrected chi connectivity index (χ3v) is 7.33. The molecule has 1 aliphatic heterocycles. The average molecular weight is 476 g/mol. The van der Waals surface area contributed by atoms with Crippen LogP contribution < -0.4 is 0 Å². The summed E-state index contributed by atoms with van der Waals surface area (Å²) in [4.78, 5) is 37.7. The highest BCUT2D eigenvalue weighted by Crippen LogP contribution is 2.33. The molecule has 1 atom stereocenters. The number of carbonyl (C=O) groups excluding carboxylic acids is 3. The summed E-state index contributed by atoms with van der Waals surface area (Å²) < 4.78 is 42.9. The average Bonchev–Trinajstić information content (AvgIpc) is 2.81. The van der Waals surface area contributed by atoms with Gasteiger partial charge in [0.25, 0.3) is 0 Å². The second-order valence-electron chi connectivity index (χ2n) is 7.44. The molecule has 0 spiro atoms. The molecule has 1 heterocycles. The number of hydrogen-bond donors (Lipinski definition) is 0. The topological polar surface area (TPSA) is 116 Å². The van der Waals surface area contributed by atoms with E-state index in [9.17, 15) is 22.8 Å². The van der Waals surface area contributed by atoms with Crippen molar-refractivity contribution in [1.29, 1.82) is 0 Å². The molecule has 3 rings (SSSR count). The first-order valence-corrected chi connectivity index (χ1v) is 11.7. The van der Waals surface area contributed by atoms with Crippen LogP contribution in [-0.4, -0.2) is 57.5 Å². The molecule has 0 N–H and O–H groups in total. The summed E-state index contributed by atoms with van der Waals surface area (Å²) in [7, 11) is -1.82. The highest BCUT2D eigenvalue weighted by atomic mass is 32.2. The SMILES string of the molecule is CCOC(=O)C1Cc2ccc(C(=O)OC)c(C(=O)OC)c2CN1S(=O)(=O)c1ccc(C)cc1. The van der Waals surface area contributed by atoms with Crippen molar-refractivity contribution in [1.82, 2.24) is 4.31 Å². The highest BCUT2D eigenvalue weighted by molar-refractivity contribution is 7.89. The number of esters is 3. The number of hydrogen-bond acceptors (Lipinski definition) is 8. The zero-order valence-corrected chi connectivity index (χ0v) is 19.6. The van der Waals surface area contributed by atoms with Crippen LogP contribution in [0.2, 0.25) is 0 Å². The fourth-order valence-corrected chi connectivity index (χ4v) is 5.34. The lowest BCUT2D eigenvalue weighted by molar-refractivity contribution is -0.148. The number of carbonyl (C=O) groups is 3. The van der Waals surface area contributed by atoms with Crippen LogP contribution in [0.25, 0.3) is 0 Å². The van der Waals surface area contributed by atoms with Gasteiger partial charge in [0.1, 0.15) is 6.04 Å². The van der Waals surface area contributed by atoms with E-state index in [4.69, 9.17) is 14.2 Å². The number of rotatable bonds is 6. The van der Waals surface area contributed by atoms with Gasteiger partial charge in [-0.25, -0.2) is 18.0 Å². The lowest BCUT2D eigenvalue weighted by Crippen LogP contribution is -2.49. The molecule has 0 radical (unpaired) electrons. The molecule has 0 saturated heterocycles. The van der Waals surface area contributed by atoms with Crippen LogP contribution in [0, 0.1) is 6.92 Å².